The highest BCUT2D eigenvalue weighted by molar-refractivity contribution is 6.39. The number of hydrogen-bond donors (Lipinski definition) is 1. The quantitative estimate of drug-likeness (QED) is 0.534. The first-order valence-electron chi connectivity index (χ1n) is 9.00. The van der Waals surface area contributed by atoms with Crippen LogP contribution in [0.15, 0.2) is 72.6 Å². The van der Waals surface area contributed by atoms with Gasteiger partial charge in [-0.3, -0.25) is 14.9 Å². The number of rotatable bonds is 4. The zero-order valence-corrected chi connectivity index (χ0v) is 15.9. The number of barbiturate groups is 1. The summed E-state index contributed by atoms with van der Waals surface area (Å²) in [6.45, 7) is 0. The monoisotopic (exact) mass is 400 g/mol. The summed E-state index contributed by atoms with van der Waals surface area (Å²) in [5, 5.41) is 2.18. The van der Waals surface area contributed by atoms with Gasteiger partial charge in [-0.15, -0.1) is 0 Å². The molecule has 1 aliphatic rings. The number of nitrogens with one attached hydrogen (secondary N) is 1. The van der Waals surface area contributed by atoms with Gasteiger partial charge in [0.1, 0.15) is 11.3 Å². The summed E-state index contributed by atoms with van der Waals surface area (Å²) in [7, 11) is 1.51. The van der Waals surface area contributed by atoms with Gasteiger partial charge in [-0.2, -0.15) is 0 Å². The minimum absolute atomic E-state index is 0.193. The molecule has 0 spiro atoms. The summed E-state index contributed by atoms with van der Waals surface area (Å²) >= 11 is 0. The Morgan fingerprint density at radius 1 is 0.933 bits per heavy atom. The highest BCUT2D eigenvalue weighted by atomic mass is 16.5. The molecule has 1 N–H and O–H groups in total. The topological polar surface area (TPSA) is 101 Å². The molecule has 30 heavy (non-hydrogen) atoms. The maximum atomic E-state index is 12.9. The molecule has 0 radical (unpaired) electrons. The fourth-order valence-corrected chi connectivity index (χ4v) is 2.94. The van der Waals surface area contributed by atoms with Gasteiger partial charge >= 0.3 is 6.03 Å². The first-order chi connectivity index (χ1) is 14.6. The van der Waals surface area contributed by atoms with E-state index in [1.807, 2.05) is 30.3 Å². The maximum absolute atomic E-state index is 12.9. The molecule has 148 valence electrons. The van der Waals surface area contributed by atoms with Gasteiger partial charge < -0.3 is 4.74 Å². The van der Waals surface area contributed by atoms with Crippen LogP contribution in [0, 0.1) is 0 Å². The van der Waals surface area contributed by atoms with Gasteiger partial charge in [-0.25, -0.2) is 19.7 Å². The number of carbonyl (C=O) groups excluding carboxylic acids is 3. The molecule has 0 atom stereocenters. The molecule has 1 fully saturated rings. The van der Waals surface area contributed by atoms with Gasteiger partial charge in [0.05, 0.1) is 12.8 Å². The zero-order chi connectivity index (χ0) is 21.1. The van der Waals surface area contributed by atoms with Crippen LogP contribution in [-0.2, 0) is 9.59 Å². The Bertz CT molecular complexity index is 1140. The summed E-state index contributed by atoms with van der Waals surface area (Å²) in [4.78, 5) is 46.9. The van der Waals surface area contributed by atoms with Crippen LogP contribution in [-0.4, -0.2) is 34.9 Å². The lowest BCUT2D eigenvalue weighted by molar-refractivity contribution is -0.122. The summed E-state index contributed by atoms with van der Waals surface area (Å²) in [6.07, 6.45) is 4.38. The second kappa shape index (κ2) is 7.96. The van der Waals surface area contributed by atoms with E-state index in [-0.39, 0.29) is 5.57 Å². The second-order valence-corrected chi connectivity index (χ2v) is 6.36. The van der Waals surface area contributed by atoms with E-state index in [0.717, 1.165) is 10.5 Å². The van der Waals surface area contributed by atoms with E-state index in [1.54, 1.807) is 24.3 Å². The SMILES string of the molecule is COc1ccc(N2C(=O)NC(=O)C(=Cc3cnc(-c4ccccc4)nc3)C2=O)cc1. The molecule has 1 aromatic heterocycles. The number of methoxy groups -OCH3 is 1. The van der Waals surface area contributed by atoms with Crippen molar-refractivity contribution in [1.82, 2.24) is 15.3 Å². The van der Waals surface area contributed by atoms with Crippen molar-refractivity contribution < 1.29 is 19.1 Å². The normalized spacial score (nSPS) is 15.3. The van der Waals surface area contributed by atoms with Gasteiger partial charge in [0, 0.05) is 23.5 Å². The van der Waals surface area contributed by atoms with E-state index in [2.05, 4.69) is 15.3 Å². The van der Waals surface area contributed by atoms with Crippen molar-refractivity contribution in [1.29, 1.82) is 0 Å². The average Bonchev–Trinajstić information content (AvgIpc) is 2.78. The number of anilines is 1. The number of benzene rings is 2. The van der Waals surface area contributed by atoms with Crippen LogP contribution in [0.2, 0.25) is 0 Å². The summed E-state index contributed by atoms with van der Waals surface area (Å²) in [5.74, 6) is -0.415. The molecule has 2 aromatic carbocycles. The maximum Gasteiger partial charge on any atom is 0.335 e. The lowest BCUT2D eigenvalue weighted by atomic mass is 10.1. The third kappa shape index (κ3) is 3.66. The van der Waals surface area contributed by atoms with Crippen molar-refractivity contribution in [2.75, 3.05) is 12.0 Å². The lowest BCUT2D eigenvalue weighted by Crippen LogP contribution is -2.54. The van der Waals surface area contributed by atoms with Crippen molar-refractivity contribution >= 4 is 29.6 Å². The van der Waals surface area contributed by atoms with Crippen molar-refractivity contribution in [2.45, 2.75) is 0 Å². The van der Waals surface area contributed by atoms with Crippen molar-refractivity contribution in [3.63, 3.8) is 0 Å². The minimum Gasteiger partial charge on any atom is -0.497 e. The van der Waals surface area contributed by atoms with Gasteiger partial charge in [0.25, 0.3) is 11.8 Å². The van der Waals surface area contributed by atoms with E-state index in [9.17, 15) is 14.4 Å². The number of nitrogens with zero attached hydrogens (tertiary/aromatic N) is 3. The molecular formula is C22H16N4O4. The molecule has 4 rings (SSSR count). The van der Waals surface area contributed by atoms with E-state index in [0.29, 0.717) is 22.8 Å². The molecule has 0 bridgehead atoms. The van der Waals surface area contributed by atoms with Crippen LogP contribution >= 0.6 is 0 Å². The molecule has 2 heterocycles. The summed E-state index contributed by atoms with van der Waals surface area (Å²) in [6, 6.07) is 14.9. The molecule has 0 unspecified atom stereocenters. The molecular weight excluding hydrogens is 384 g/mol. The van der Waals surface area contributed by atoms with E-state index in [1.165, 1.54) is 25.6 Å². The van der Waals surface area contributed by atoms with E-state index < -0.39 is 17.8 Å². The van der Waals surface area contributed by atoms with Crippen LogP contribution < -0.4 is 15.0 Å². The Labute approximate surface area is 171 Å². The Kier molecular flexibility index (Phi) is 5.04. The zero-order valence-electron chi connectivity index (χ0n) is 15.9. The molecule has 0 aliphatic carbocycles. The van der Waals surface area contributed by atoms with Crippen LogP contribution in [0.5, 0.6) is 5.75 Å². The number of ether oxygens (including phenoxy) is 1. The van der Waals surface area contributed by atoms with Crippen molar-refractivity contribution in [2.24, 2.45) is 0 Å². The fourth-order valence-electron chi connectivity index (χ4n) is 2.94. The Hall–Kier alpha value is -4.33. The molecule has 0 saturated carbocycles. The lowest BCUT2D eigenvalue weighted by Gasteiger charge is -2.26. The number of imide groups is 2. The molecule has 8 nitrogen and oxygen atoms in total. The number of aromatic nitrogens is 2. The first-order valence-corrected chi connectivity index (χ1v) is 9.00. The molecule has 3 aromatic rings. The summed E-state index contributed by atoms with van der Waals surface area (Å²) < 4.78 is 5.09. The van der Waals surface area contributed by atoms with Crippen LogP contribution in [0.25, 0.3) is 17.5 Å². The Balaban J connectivity index is 1.63. The smallest absolute Gasteiger partial charge is 0.335 e. The molecule has 4 amide bonds. The van der Waals surface area contributed by atoms with Crippen LogP contribution in [0.3, 0.4) is 0 Å². The van der Waals surface area contributed by atoms with E-state index >= 15 is 0 Å². The Morgan fingerprint density at radius 3 is 2.23 bits per heavy atom. The van der Waals surface area contributed by atoms with Crippen LogP contribution in [0.4, 0.5) is 10.5 Å². The second-order valence-electron chi connectivity index (χ2n) is 6.36. The van der Waals surface area contributed by atoms with E-state index in [4.69, 9.17) is 4.74 Å². The fraction of sp³-hybridized carbons (Fsp3) is 0.0455. The molecule has 8 heteroatoms. The van der Waals surface area contributed by atoms with Crippen molar-refractivity contribution in [3.8, 4) is 17.1 Å². The number of carbonyl (C=O) groups is 3. The average molecular weight is 400 g/mol. The molecule has 1 saturated heterocycles. The largest absolute Gasteiger partial charge is 0.497 e. The number of hydrogen-bond acceptors (Lipinski definition) is 6. The predicted octanol–water partition coefficient (Wildman–Crippen LogP) is 2.82. The third-order valence-corrected chi connectivity index (χ3v) is 4.45. The van der Waals surface area contributed by atoms with Crippen LogP contribution in [0.1, 0.15) is 5.56 Å². The van der Waals surface area contributed by atoms with Crippen molar-refractivity contribution in [3.05, 3.63) is 78.1 Å². The predicted molar refractivity (Wildman–Crippen MR) is 109 cm³/mol. The highest BCUT2D eigenvalue weighted by Gasteiger charge is 2.36. The van der Waals surface area contributed by atoms with Gasteiger partial charge in [-0.05, 0) is 30.3 Å². The minimum atomic E-state index is -0.817. The highest BCUT2D eigenvalue weighted by Crippen LogP contribution is 2.24. The number of amides is 4. The molecule has 1 aliphatic heterocycles. The first kappa shape index (κ1) is 19.0. The van der Waals surface area contributed by atoms with Gasteiger partial charge in [0.2, 0.25) is 0 Å². The number of urea groups is 1. The van der Waals surface area contributed by atoms with Gasteiger partial charge in [0.15, 0.2) is 5.82 Å². The Morgan fingerprint density at radius 2 is 1.60 bits per heavy atom. The standard InChI is InChI=1S/C22H16N4O4/c1-30-17-9-7-16(8-10-17)26-21(28)18(20(27)25-22(26)29)11-14-12-23-19(24-13-14)15-5-3-2-4-6-15/h2-13H,1H3,(H,25,27,29). The van der Waals surface area contributed by atoms with Gasteiger partial charge in [-0.1, -0.05) is 30.3 Å². The summed E-state index contributed by atoms with van der Waals surface area (Å²) in [5.41, 5.74) is 1.42. The third-order valence-electron chi connectivity index (χ3n) is 4.45.